The van der Waals surface area contributed by atoms with Gasteiger partial charge in [-0.05, 0) is 32.3 Å². The molecule has 6 nitrogen and oxygen atoms in total. The highest BCUT2D eigenvalue weighted by molar-refractivity contribution is 7.05. The van der Waals surface area contributed by atoms with Crippen molar-refractivity contribution in [1.29, 1.82) is 0 Å². The van der Waals surface area contributed by atoms with Gasteiger partial charge in [-0.25, -0.2) is 4.79 Å². The largest absolute Gasteiger partial charge is 0.444 e. The Morgan fingerprint density at radius 1 is 1.59 bits per heavy atom. The van der Waals surface area contributed by atoms with Gasteiger partial charge in [-0.2, -0.15) is 0 Å². The molecule has 0 aliphatic carbocycles. The number of rotatable bonds is 0. The summed E-state index contributed by atoms with van der Waals surface area (Å²) in [6.45, 7) is 6.43. The van der Waals surface area contributed by atoms with Gasteiger partial charge in [0.2, 0.25) is 0 Å². The molecule has 1 aromatic heterocycles. The Kier molecular flexibility index (Phi) is 3.05. The maximum atomic E-state index is 11.9. The van der Waals surface area contributed by atoms with Crippen LogP contribution in [0.4, 0.5) is 4.79 Å². The molecule has 2 rings (SSSR count). The molecule has 1 amide bonds. The fourth-order valence-corrected chi connectivity index (χ4v) is 2.36. The third-order valence-corrected chi connectivity index (χ3v) is 3.06. The van der Waals surface area contributed by atoms with Crippen molar-refractivity contribution in [3.63, 3.8) is 0 Å². The number of aromatic nitrogens is 2. The number of fused-ring (bicyclic) bond motifs is 1. The van der Waals surface area contributed by atoms with Crippen LogP contribution < -0.4 is 5.73 Å². The van der Waals surface area contributed by atoms with Gasteiger partial charge in [0.25, 0.3) is 0 Å². The van der Waals surface area contributed by atoms with E-state index < -0.39 is 5.60 Å². The van der Waals surface area contributed by atoms with Crippen LogP contribution in [0.1, 0.15) is 37.4 Å². The Morgan fingerprint density at radius 3 is 2.94 bits per heavy atom. The van der Waals surface area contributed by atoms with Crippen LogP contribution in [0.5, 0.6) is 0 Å². The van der Waals surface area contributed by atoms with Crippen molar-refractivity contribution in [3.8, 4) is 0 Å². The highest BCUT2D eigenvalue weighted by atomic mass is 32.1. The van der Waals surface area contributed by atoms with Crippen molar-refractivity contribution in [3.05, 3.63) is 10.6 Å². The average Bonchev–Trinajstić information content (AvgIpc) is 2.63. The van der Waals surface area contributed by atoms with Crippen LogP contribution in [-0.2, 0) is 11.3 Å². The molecule has 0 radical (unpaired) electrons. The maximum absolute atomic E-state index is 11.9. The van der Waals surface area contributed by atoms with Crippen LogP contribution in [0, 0.1) is 0 Å². The number of carbonyl (C=O) groups is 1. The summed E-state index contributed by atoms with van der Waals surface area (Å²) in [6, 6.07) is -0.273. The molecular formula is C10H16N4O2S. The minimum atomic E-state index is -0.493. The van der Waals surface area contributed by atoms with Crippen LogP contribution in [0.15, 0.2) is 0 Å². The van der Waals surface area contributed by atoms with Gasteiger partial charge in [0.05, 0.1) is 23.2 Å². The number of nitrogens with two attached hydrogens (primary N) is 1. The summed E-state index contributed by atoms with van der Waals surface area (Å²) in [5.41, 5.74) is 6.25. The molecular weight excluding hydrogens is 240 g/mol. The number of carbonyl (C=O) groups excluding carboxylic acids is 1. The van der Waals surface area contributed by atoms with E-state index in [0.717, 1.165) is 10.6 Å². The van der Waals surface area contributed by atoms with Crippen LogP contribution in [-0.4, -0.2) is 32.7 Å². The number of hydrogen-bond donors (Lipinski definition) is 1. The molecule has 1 aliphatic rings. The minimum absolute atomic E-state index is 0.273. The summed E-state index contributed by atoms with van der Waals surface area (Å²) in [7, 11) is 0. The summed E-state index contributed by atoms with van der Waals surface area (Å²) >= 11 is 1.28. The van der Waals surface area contributed by atoms with Gasteiger partial charge >= 0.3 is 6.09 Å². The molecule has 0 aromatic carbocycles. The summed E-state index contributed by atoms with van der Waals surface area (Å²) in [5, 5.41) is 3.97. The van der Waals surface area contributed by atoms with E-state index in [1.807, 2.05) is 20.8 Å². The van der Waals surface area contributed by atoms with E-state index in [4.69, 9.17) is 10.5 Å². The van der Waals surface area contributed by atoms with Gasteiger partial charge in [0.15, 0.2) is 0 Å². The zero-order valence-electron chi connectivity index (χ0n) is 10.1. The van der Waals surface area contributed by atoms with Gasteiger partial charge in [-0.3, -0.25) is 0 Å². The van der Waals surface area contributed by atoms with Crippen LogP contribution in [0.25, 0.3) is 0 Å². The molecule has 0 spiro atoms. The first-order valence-corrected chi connectivity index (χ1v) is 6.19. The van der Waals surface area contributed by atoms with Crippen LogP contribution >= 0.6 is 11.5 Å². The SMILES string of the molecule is CC(C)(C)OC(=O)N1Cc2snnc2C(N)C1. The predicted molar refractivity (Wildman–Crippen MR) is 63.5 cm³/mol. The lowest BCUT2D eigenvalue weighted by molar-refractivity contribution is 0.0208. The van der Waals surface area contributed by atoms with Crippen molar-refractivity contribution in [1.82, 2.24) is 14.5 Å². The number of amides is 1. The second-order valence-electron chi connectivity index (χ2n) is 5.05. The van der Waals surface area contributed by atoms with Crippen molar-refractivity contribution >= 4 is 17.6 Å². The van der Waals surface area contributed by atoms with Gasteiger partial charge in [0, 0.05) is 6.54 Å². The molecule has 1 aliphatic heterocycles. The average molecular weight is 256 g/mol. The van der Waals surface area contributed by atoms with Crippen LogP contribution in [0.3, 0.4) is 0 Å². The zero-order valence-corrected chi connectivity index (χ0v) is 11.0. The Bertz CT molecular complexity index is 426. The Labute approximate surface area is 104 Å². The molecule has 1 aromatic rings. The lowest BCUT2D eigenvalue weighted by Crippen LogP contribution is -2.43. The molecule has 2 N–H and O–H groups in total. The maximum Gasteiger partial charge on any atom is 0.410 e. The second-order valence-corrected chi connectivity index (χ2v) is 5.89. The summed E-state index contributed by atoms with van der Waals surface area (Å²) < 4.78 is 9.17. The molecule has 0 bridgehead atoms. The van der Waals surface area contributed by atoms with E-state index in [2.05, 4.69) is 9.59 Å². The van der Waals surface area contributed by atoms with Gasteiger partial charge in [-0.15, -0.1) is 5.10 Å². The first-order chi connectivity index (χ1) is 7.87. The van der Waals surface area contributed by atoms with Crippen molar-refractivity contribution in [2.75, 3.05) is 6.54 Å². The summed E-state index contributed by atoms with van der Waals surface area (Å²) in [5.74, 6) is 0. The molecule has 0 saturated carbocycles. The monoisotopic (exact) mass is 256 g/mol. The van der Waals surface area contributed by atoms with E-state index in [0.29, 0.717) is 13.1 Å². The van der Waals surface area contributed by atoms with Gasteiger partial charge in [-0.1, -0.05) is 4.49 Å². The first-order valence-electron chi connectivity index (χ1n) is 5.41. The molecule has 0 fully saturated rings. The molecule has 0 saturated heterocycles. The smallest absolute Gasteiger partial charge is 0.410 e. The quantitative estimate of drug-likeness (QED) is 0.756. The van der Waals surface area contributed by atoms with E-state index in [-0.39, 0.29) is 12.1 Å². The molecule has 1 unspecified atom stereocenters. The first kappa shape index (κ1) is 12.3. The fraction of sp³-hybridized carbons (Fsp3) is 0.700. The number of ether oxygens (including phenoxy) is 1. The van der Waals surface area contributed by atoms with Crippen molar-refractivity contribution in [2.24, 2.45) is 5.73 Å². The third kappa shape index (κ3) is 2.73. The topological polar surface area (TPSA) is 81.3 Å². The molecule has 17 heavy (non-hydrogen) atoms. The highest BCUT2D eigenvalue weighted by Crippen LogP contribution is 2.26. The van der Waals surface area contributed by atoms with E-state index in [1.165, 1.54) is 11.5 Å². The number of nitrogens with zero attached hydrogens (tertiary/aromatic N) is 3. The second kappa shape index (κ2) is 4.23. The standard InChI is InChI=1S/C10H16N4O2S/c1-10(2,3)16-9(15)14-4-6(11)8-7(5-14)17-13-12-8/h6H,4-5,11H2,1-3H3. The zero-order chi connectivity index (χ0) is 12.6. The summed E-state index contributed by atoms with van der Waals surface area (Å²) in [4.78, 5) is 14.4. The Morgan fingerprint density at radius 2 is 2.29 bits per heavy atom. The predicted octanol–water partition coefficient (Wildman–Crippen LogP) is 1.29. The van der Waals surface area contributed by atoms with Gasteiger partial charge < -0.3 is 15.4 Å². The molecule has 1 atom stereocenters. The van der Waals surface area contributed by atoms with E-state index in [1.54, 1.807) is 4.90 Å². The van der Waals surface area contributed by atoms with E-state index >= 15 is 0 Å². The minimum Gasteiger partial charge on any atom is -0.444 e. The lowest BCUT2D eigenvalue weighted by Gasteiger charge is -2.31. The number of hydrogen-bond acceptors (Lipinski definition) is 6. The fourth-order valence-electron chi connectivity index (χ4n) is 1.63. The normalized spacial score (nSPS) is 20.0. The third-order valence-electron chi connectivity index (χ3n) is 2.34. The van der Waals surface area contributed by atoms with Gasteiger partial charge in [0.1, 0.15) is 5.60 Å². The Balaban J connectivity index is 2.09. The summed E-state index contributed by atoms with van der Waals surface area (Å²) in [6.07, 6.45) is -0.341. The highest BCUT2D eigenvalue weighted by Gasteiger charge is 2.31. The molecule has 2 heterocycles. The Hall–Kier alpha value is -1.21. The van der Waals surface area contributed by atoms with Crippen LogP contribution in [0.2, 0.25) is 0 Å². The van der Waals surface area contributed by atoms with Crippen molar-refractivity contribution in [2.45, 2.75) is 39.0 Å². The van der Waals surface area contributed by atoms with E-state index in [9.17, 15) is 4.79 Å². The molecule has 94 valence electrons. The lowest BCUT2D eigenvalue weighted by atomic mass is 10.1. The van der Waals surface area contributed by atoms with Crippen molar-refractivity contribution < 1.29 is 9.53 Å². The molecule has 7 heteroatoms.